The fourth-order valence-corrected chi connectivity index (χ4v) is 4.53. The average molecular weight is 356 g/mol. The zero-order chi connectivity index (χ0) is 15.8. The van der Waals surface area contributed by atoms with E-state index in [1.54, 1.807) is 0 Å². The first-order chi connectivity index (χ1) is 9.69. The summed E-state index contributed by atoms with van der Waals surface area (Å²) in [5, 5.41) is 8.32. The molecule has 1 aliphatic rings. The van der Waals surface area contributed by atoms with Gasteiger partial charge in [-0.1, -0.05) is 36.0 Å². The summed E-state index contributed by atoms with van der Waals surface area (Å²) in [4.78, 5) is 10.9. The van der Waals surface area contributed by atoms with Crippen LogP contribution in [0.2, 0.25) is 10.0 Å². The van der Waals surface area contributed by atoms with Crippen LogP contribution >= 0.6 is 23.2 Å². The van der Waals surface area contributed by atoms with Crippen LogP contribution in [0.25, 0.3) is 0 Å². The molecule has 0 spiro atoms. The maximum Gasteiger partial charge on any atom is 0.324 e. The van der Waals surface area contributed by atoms with Crippen molar-refractivity contribution >= 4 is 39.2 Å². The largest absolute Gasteiger partial charge is 0.480 e. The van der Waals surface area contributed by atoms with Crippen molar-refractivity contribution < 1.29 is 22.7 Å². The Bertz CT molecular complexity index is 687. The van der Waals surface area contributed by atoms with Crippen LogP contribution in [0.15, 0.2) is 17.0 Å². The number of benzene rings is 1. The van der Waals surface area contributed by atoms with Crippen molar-refractivity contribution in [2.75, 3.05) is 0 Å². The van der Waals surface area contributed by atoms with Crippen LogP contribution in [0.5, 0.6) is 0 Å². The third-order valence-electron chi connectivity index (χ3n) is 3.49. The molecule has 0 unspecified atom stereocenters. The van der Waals surface area contributed by atoms with Gasteiger partial charge in [-0.3, -0.25) is 4.79 Å². The molecule has 0 heterocycles. The van der Waals surface area contributed by atoms with Gasteiger partial charge in [0.15, 0.2) is 5.82 Å². The molecule has 0 radical (unpaired) electrons. The number of carboxylic acid groups (broad SMARTS) is 1. The molecule has 5 nitrogen and oxygen atoms in total. The van der Waals surface area contributed by atoms with E-state index in [1.807, 2.05) is 0 Å². The normalized spacial score (nSPS) is 17.9. The quantitative estimate of drug-likeness (QED) is 0.813. The van der Waals surface area contributed by atoms with E-state index in [2.05, 4.69) is 4.72 Å². The zero-order valence-electron chi connectivity index (χ0n) is 10.7. The Balaban J connectivity index is 2.44. The Morgan fingerprint density at radius 3 is 2.38 bits per heavy atom. The summed E-state index contributed by atoms with van der Waals surface area (Å²) in [6.07, 6.45) is 1.54. The molecule has 0 aliphatic heterocycles. The van der Waals surface area contributed by atoms with E-state index in [0.29, 0.717) is 12.8 Å². The molecular formula is C12H12Cl2FNO4S. The Kier molecular flexibility index (Phi) is 4.49. The second-order valence-corrected chi connectivity index (χ2v) is 7.31. The molecule has 116 valence electrons. The minimum Gasteiger partial charge on any atom is -0.480 e. The number of carbonyl (C=O) groups is 1. The highest BCUT2D eigenvalue weighted by molar-refractivity contribution is 7.89. The van der Waals surface area contributed by atoms with Crippen LogP contribution in [0, 0.1) is 5.82 Å². The first-order valence-corrected chi connectivity index (χ1v) is 8.34. The molecule has 1 aliphatic carbocycles. The smallest absolute Gasteiger partial charge is 0.324 e. The van der Waals surface area contributed by atoms with Crippen LogP contribution in [-0.2, 0) is 14.8 Å². The van der Waals surface area contributed by atoms with Crippen LogP contribution in [-0.4, -0.2) is 25.0 Å². The van der Waals surface area contributed by atoms with Crippen molar-refractivity contribution in [3.8, 4) is 0 Å². The van der Waals surface area contributed by atoms with Gasteiger partial charge in [-0.15, -0.1) is 0 Å². The minimum atomic E-state index is -4.28. The van der Waals surface area contributed by atoms with Crippen LogP contribution in [0.1, 0.15) is 25.7 Å². The molecule has 1 aromatic carbocycles. The molecule has 0 amide bonds. The summed E-state index contributed by atoms with van der Waals surface area (Å²) in [6, 6.07) is 2.10. The Morgan fingerprint density at radius 1 is 1.29 bits per heavy atom. The molecule has 2 rings (SSSR count). The molecule has 9 heteroatoms. The highest BCUT2D eigenvalue weighted by Gasteiger charge is 2.45. The van der Waals surface area contributed by atoms with Gasteiger partial charge in [-0.05, 0) is 25.0 Å². The molecular weight excluding hydrogens is 344 g/mol. The summed E-state index contributed by atoms with van der Waals surface area (Å²) in [6.45, 7) is 0. The van der Waals surface area contributed by atoms with E-state index < -0.39 is 37.3 Å². The third-order valence-corrected chi connectivity index (χ3v) is 5.84. The highest BCUT2D eigenvalue weighted by atomic mass is 35.5. The molecule has 0 saturated heterocycles. The number of aliphatic carboxylic acids is 1. The number of hydrogen-bond acceptors (Lipinski definition) is 3. The maximum absolute atomic E-state index is 13.6. The summed E-state index contributed by atoms with van der Waals surface area (Å²) in [5.41, 5.74) is -1.57. The van der Waals surface area contributed by atoms with Gasteiger partial charge in [-0.25, -0.2) is 12.8 Å². The van der Waals surface area contributed by atoms with Crippen molar-refractivity contribution in [3.05, 3.63) is 28.0 Å². The van der Waals surface area contributed by atoms with Crippen LogP contribution in [0.3, 0.4) is 0 Å². The maximum atomic E-state index is 13.6. The predicted octanol–water partition coefficient (Wildman–Crippen LogP) is 2.81. The Morgan fingerprint density at radius 2 is 1.86 bits per heavy atom. The van der Waals surface area contributed by atoms with E-state index >= 15 is 0 Å². The molecule has 0 atom stereocenters. The number of carboxylic acids is 1. The molecule has 21 heavy (non-hydrogen) atoms. The summed E-state index contributed by atoms with van der Waals surface area (Å²) in [5.74, 6) is -2.31. The fraction of sp³-hybridized carbons (Fsp3) is 0.417. The van der Waals surface area contributed by atoms with E-state index in [0.717, 1.165) is 12.1 Å². The van der Waals surface area contributed by atoms with Gasteiger partial charge in [0.25, 0.3) is 0 Å². The van der Waals surface area contributed by atoms with Gasteiger partial charge in [0.2, 0.25) is 10.0 Å². The molecule has 1 aromatic rings. The Labute approximate surface area is 131 Å². The lowest BCUT2D eigenvalue weighted by Crippen LogP contribution is -2.52. The van der Waals surface area contributed by atoms with Crippen LogP contribution < -0.4 is 4.72 Å². The first kappa shape index (κ1) is 16.5. The van der Waals surface area contributed by atoms with Crippen molar-refractivity contribution in [2.24, 2.45) is 0 Å². The van der Waals surface area contributed by atoms with E-state index in [1.165, 1.54) is 0 Å². The number of hydrogen-bond donors (Lipinski definition) is 2. The molecule has 2 N–H and O–H groups in total. The van der Waals surface area contributed by atoms with E-state index in [9.17, 15) is 22.7 Å². The predicted molar refractivity (Wildman–Crippen MR) is 75.6 cm³/mol. The number of sulfonamides is 1. The van der Waals surface area contributed by atoms with Crippen molar-refractivity contribution in [2.45, 2.75) is 36.1 Å². The van der Waals surface area contributed by atoms with Gasteiger partial charge in [0.05, 0.1) is 10.0 Å². The van der Waals surface area contributed by atoms with Gasteiger partial charge in [0, 0.05) is 0 Å². The standard InChI is InChI=1S/C12H12Cl2FNO4S/c13-7-3-4-8(9(14)10(7)15)21(19,20)16-12(11(17)18)5-1-2-6-12/h3-4,16H,1-2,5-6H2,(H,17,18). The van der Waals surface area contributed by atoms with Crippen LogP contribution in [0.4, 0.5) is 4.39 Å². The summed E-state index contributed by atoms with van der Waals surface area (Å²) < 4.78 is 40.4. The SMILES string of the molecule is O=C(O)C1(NS(=O)(=O)c2ccc(Cl)c(F)c2Cl)CCCC1. The summed E-state index contributed by atoms with van der Waals surface area (Å²) in [7, 11) is -4.28. The zero-order valence-corrected chi connectivity index (χ0v) is 13.0. The molecule has 1 saturated carbocycles. The monoisotopic (exact) mass is 355 g/mol. The number of halogens is 3. The van der Waals surface area contributed by atoms with Gasteiger partial charge in [-0.2, -0.15) is 4.72 Å². The highest BCUT2D eigenvalue weighted by Crippen LogP contribution is 2.34. The second-order valence-electron chi connectivity index (χ2n) is 4.87. The van der Waals surface area contributed by atoms with Gasteiger partial charge in [0.1, 0.15) is 10.4 Å². The number of nitrogens with one attached hydrogen (secondary N) is 1. The first-order valence-electron chi connectivity index (χ1n) is 6.10. The lowest BCUT2D eigenvalue weighted by atomic mass is 10.0. The van der Waals surface area contributed by atoms with E-state index in [4.69, 9.17) is 23.2 Å². The second kappa shape index (κ2) is 5.72. The van der Waals surface area contributed by atoms with Crippen molar-refractivity contribution in [1.29, 1.82) is 0 Å². The summed E-state index contributed by atoms with van der Waals surface area (Å²) >= 11 is 11.2. The molecule has 0 bridgehead atoms. The van der Waals surface area contributed by atoms with Gasteiger partial charge < -0.3 is 5.11 Å². The topological polar surface area (TPSA) is 83.5 Å². The Hall–Kier alpha value is -0.890. The van der Waals surface area contributed by atoms with E-state index in [-0.39, 0.29) is 17.9 Å². The average Bonchev–Trinajstić information content (AvgIpc) is 2.84. The van der Waals surface area contributed by atoms with Crippen molar-refractivity contribution in [3.63, 3.8) is 0 Å². The molecule has 1 fully saturated rings. The fourth-order valence-electron chi connectivity index (χ4n) is 2.37. The van der Waals surface area contributed by atoms with Crippen molar-refractivity contribution in [1.82, 2.24) is 4.72 Å². The molecule has 0 aromatic heterocycles. The number of rotatable bonds is 4. The van der Waals surface area contributed by atoms with Gasteiger partial charge >= 0.3 is 5.97 Å². The third kappa shape index (κ3) is 3.01. The lowest BCUT2D eigenvalue weighted by molar-refractivity contribution is -0.143. The lowest BCUT2D eigenvalue weighted by Gasteiger charge is -2.25. The minimum absolute atomic E-state index is 0.176.